The van der Waals surface area contributed by atoms with Crippen molar-refractivity contribution in [3.63, 3.8) is 0 Å². The summed E-state index contributed by atoms with van der Waals surface area (Å²) in [6, 6.07) is 12.7. The number of aromatic nitrogens is 3. The number of anilines is 1. The van der Waals surface area contributed by atoms with Crippen molar-refractivity contribution < 1.29 is 0 Å². The van der Waals surface area contributed by atoms with E-state index in [4.69, 9.17) is 5.10 Å². The van der Waals surface area contributed by atoms with Gasteiger partial charge in [0.05, 0.1) is 11.3 Å². The summed E-state index contributed by atoms with van der Waals surface area (Å²) in [5, 5.41) is 7.99. The Morgan fingerprint density at radius 3 is 2.24 bits per heavy atom. The summed E-state index contributed by atoms with van der Waals surface area (Å²) in [6.45, 7) is 6.21. The predicted molar refractivity (Wildman–Crippen MR) is 102 cm³/mol. The van der Waals surface area contributed by atoms with Gasteiger partial charge in [0, 0.05) is 44.1 Å². The van der Waals surface area contributed by atoms with E-state index < -0.39 is 0 Å². The van der Waals surface area contributed by atoms with E-state index in [1.165, 1.54) is 5.56 Å². The zero-order valence-corrected chi connectivity index (χ0v) is 14.7. The molecule has 2 aromatic heterocycles. The van der Waals surface area contributed by atoms with Crippen LogP contribution in [0.3, 0.4) is 0 Å². The van der Waals surface area contributed by atoms with Gasteiger partial charge in [0.25, 0.3) is 0 Å². The Balaban J connectivity index is 1.81. The maximum Gasteiger partial charge on any atom is 0.159 e. The average molecular weight is 333 g/mol. The number of hydrogen-bond acceptors (Lipinski definition) is 4. The summed E-state index contributed by atoms with van der Waals surface area (Å²) in [4.78, 5) is 8.91. The Morgan fingerprint density at radius 2 is 1.56 bits per heavy atom. The van der Waals surface area contributed by atoms with Crippen LogP contribution in [0.2, 0.25) is 0 Å². The van der Waals surface area contributed by atoms with E-state index in [9.17, 15) is 0 Å². The molecule has 0 amide bonds. The van der Waals surface area contributed by atoms with Gasteiger partial charge in [0.2, 0.25) is 0 Å². The number of aryl methyl sites for hydroxylation is 1. The molecule has 0 atom stereocenters. The lowest BCUT2D eigenvalue weighted by Crippen LogP contribution is -2.44. The molecule has 1 aliphatic rings. The monoisotopic (exact) mass is 333 g/mol. The third-order valence-electron chi connectivity index (χ3n) is 4.86. The molecule has 5 nitrogen and oxygen atoms in total. The quantitative estimate of drug-likeness (QED) is 0.800. The summed E-state index contributed by atoms with van der Waals surface area (Å²) in [7, 11) is 2.17. The first kappa shape index (κ1) is 15.8. The largest absolute Gasteiger partial charge is 0.352 e. The molecule has 0 radical (unpaired) electrons. The Morgan fingerprint density at radius 1 is 0.880 bits per heavy atom. The summed E-state index contributed by atoms with van der Waals surface area (Å²) >= 11 is 0. The van der Waals surface area contributed by atoms with Crippen LogP contribution in [-0.4, -0.2) is 53.3 Å². The van der Waals surface area contributed by atoms with Crippen LogP contribution < -0.4 is 4.90 Å². The molecule has 1 saturated heterocycles. The highest BCUT2D eigenvalue weighted by atomic mass is 15.3. The standard InChI is InChI=1S/C20H23N5/c1-15-3-5-17(6-4-15)19-18(16-7-9-21-10-8-16)20(23-22-19)25-13-11-24(2)12-14-25/h3-10H,11-14H2,1-2H3,(H,22,23). The zero-order chi connectivity index (χ0) is 17.2. The third kappa shape index (κ3) is 3.15. The minimum atomic E-state index is 0.993. The van der Waals surface area contributed by atoms with E-state index in [1.807, 2.05) is 12.4 Å². The van der Waals surface area contributed by atoms with Crippen molar-refractivity contribution in [1.29, 1.82) is 0 Å². The van der Waals surface area contributed by atoms with Crippen molar-refractivity contribution in [2.45, 2.75) is 6.92 Å². The van der Waals surface area contributed by atoms with Gasteiger partial charge in [0.1, 0.15) is 0 Å². The van der Waals surface area contributed by atoms with Crippen molar-refractivity contribution in [3.05, 3.63) is 54.4 Å². The summed E-state index contributed by atoms with van der Waals surface area (Å²) in [6.07, 6.45) is 3.68. The molecule has 1 aromatic carbocycles. The molecule has 128 valence electrons. The minimum absolute atomic E-state index is 0.993. The zero-order valence-electron chi connectivity index (χ0n) is 14.7. The maximum atomic E-state index is 4.70. The number of pyridine rings is 1. The lowest BCUT2D eigenvalue weighted by atomic mass is 10.0. The second kappa shape index (κ2) is 6.69. The van der Waals surface area contributed by atoms with Crippen molar-refractivity contribution in [3.8, 4) is 22.4 Å². The molecule has 0 bridgehead atoms. The minimum Gasteiger partial charge on any atom is -0.352 e. The molecule has 0 spiro atoms. The molecule has 3 heterocycles. The Labute approximate surface area is 148 Å². The first-order valence-corrected chi connectivity index (χ1v) is 8.71. The third-order valence-corrected chi connectivity index (χ3v) is 4.86. The van der Waals surface area contributed by atoms with Gasteiger partial charge in [-0.3, -0.25) is 10.1 Å². The van der Waals surface area contributed by atoms with E-state index in [-0.39, 0.29) is 0 Å². The fourth-order valence-corrected chi connectivity index (χ4v) is 3.30. The normalized spacial score (nSPS) is 15.5. The van der Waals surface area contributed by atoms with Gasteiger partial charge >= 0.3 is 0 Å². The van der Waals surface area contributed by atoms with Gasteiger partial charge in [-0.2, -0.15) is 5.10 Å². The van der Waals surface area contributed by atoms with Crippen LogP contribution in [0.15, 0.2) is 48.8 Å². The smallest absolute Gasteiger partial charge is 0.159 e. The maximum absolute atomic E-state index is 4.70. The molecule has 3 aromatic rings. The Bertz CT molecular complexity index is 830. The molecular weight excluding hydrogens is 310 g/mol. The lowest BCUT2D eigenvalue weighted by Gasteiger charge is -2.33. The molecule has 5 heteroatoms. The number of likely N-dealkylation sites (N-methyl/N-ethyl adjacent to an activating group) is 1. The Hall–Kier alpha value is -2.66. The predicted octanol–water partition coefficient (Wildman–Crippen LogP) is 3.20. The number of benzene rings is 1. The number of H-pyrrole nitrogens is 1. The summed E-state index contributed by atoms with van der Waals surface area (Å²) in [5.41, 5.74) is 5.79. The average Bonchev–Trinajstić information content (AvgIpc) is 3.09. The number of nitrogens with zero attached hydrogens (tertiary/aromatic N) is 4. The van der Waals surface area contributed by atoms with Crippen molar-refractivity contribution in [1.82, 2.24) is 20.1 Å². The number of hydrogen-bond donors (Lipinski definition) is 1. The molecular formula is C20H23N5. The van der Waals surface area contributed by atoms with Crippen molar-refractivity contribution >= 4 is 5.82 Å². The topological polar surface area (TPSA) is 48.1 Å². The molecule has 0 aliphatic carbocycles. The van der Waals surface area contributed by atoms with Crippen LogP contribution >= 0.6 is 0 Å². The fraction of sp³-hybridized carbons (Fsp3) is 0.300. The molecule has 25 heavy (non-hydrogen) atoms. The van der Waals surface area contributed by atoms with Gasteiger partial charge < -0.3 is 9.80 Å². The highest BCUT2D eigenvalue weighted by Gasteiger charge is 2.23. The SMILES string of the molecule is Cc1ccc(-c2[nH]nc(N3CCN(C)CC3)c2-c2ccncc2)cc1. The van der Waals surface area contributed by atoms with Crippen molar-refractivity contribution in [2.24, 2.45) is 0 Å². The van der Waals surface area contributed by atoms with Crippen LogP contribution in [0, 0.1) is 6.92 Å². The van der Waals surface area contributed by atoms with E-state index in [1.54, 1.807) is 0 Å². The molecule has 4 rings (SSSR count). The highest BCUT2D eigenvalue weighted by molar-refractivity contribution is 5.89. The van der Waals surface area contributed by atoms with Crippen LogP contribution in [0.1, 0.15) is 5.56 Å². The van der Waals surface area contributed by atoms with Gasteiger partial charge in [0.15, 0.2) is 5.82 Å². The van der Waals surface area contributed by atoms with E-state index in [2.05, 4.69) is 70.3 Å². The first-order chi connectivity index (χ1) is 12.2. The number of aromatic amines is 1. The summed E-state index contributed by atoms with van der Waals surface area (Å²) < 4.78 is 0. The van der Waals surface area contributed by atoms with Crippen LogP contribution in [-0.2, 0) is 0 Å². The number of piperazine rings is 1. The van der Waals surface area contributed by atoms with Crippen molar-refractivity contribution in [2.75, 3.05) is 38.1 Å². The van der Waals surface area contributed by atoms with Gasteiger partial charge in [-0.1, -0.05) is 29.8 Å². The van der Waals surface area contributed by atoms with E-state index in [0.717, 1.165) is 54.4 Å². The van der Waals surface area contributed by atoms with Crippen LogP contribution in [0.5, 0.6) is 0 Å². The molecule has 1 fully saturated rings. The van der Waals surface area contributed by atoms with E-state index in [0.29, 0.717) is 0 Å². The Kier molecular flexibility index (Phi) is 4.24. The summed E-state index contributed by atoms with van der Waals surface area (Å²) in [5.74, 6) is 1.04. The fourth-order valence-electron chi connectivity index (χ4n) is 3.30. The van der Waals surface area contributed by atoms with Gasteiger partial charge in [-0.25, -0.2) is 0 Å². The molecule has 0 saturated carbocycles. The number of rotatable bonds is 3. The molecule has 0 unspecified atom stereocenters. The lowest BCUT2D eigenvalue weighted by molar-refractivity contribution is 0.312. The highest BCUT2D eigenvalue weighted by Crippen LogP contribution is 2.37. The van der Waals surface area contributed by atoms with Crippen LogP contribution in [0.25, 0.3) is 22.4 Å². The first-order valence-electron chi connectivity index (χ1n) is 8.71. The molecule has 1 aliphatic heterocycles. The molecule has 1 N–H and O–H groups in total. The second-order valence-corrected chi connectivity index (χ2v) is 6.69. The van der Waals surface area contributed by atoms with Crippen LogP contribution in [0.4, 0.5) is 5.82 Å². The van der Waals surface area contributed by atoms with Gasteiger partial charge in [-0.15, -0.1) is 0 Å². The number of nitrogens with one attached hydrogen (secondary N) is 1. The van der Waals surface area contributed by atoms with Gasteiger partial charge in [-0.05, 0) is 31.7 Å². The second-order valence-electron chi connectivity index (χ2n) is 6.69. The van der Waals surface area contributed by atoms with E-state index >= 15 is 0 Å².